The van der Waals surface area contributed by atoms with E-state index in [0.29, 0.717) is 59.6 Å². The smallest absolute Gasteiger partial charge is 0.312 e. The summed E-state index contributed by atoms with van der Waals surface area (Å²) in [5, 5.41) is 16.2. The van der Waals surface area contributed by atoms with E-state index in [0.717, 1.165) is 54.6 Å². The molecule has 15 heteroatoms. The number of aromatic amines is 1. The number of nitrogens with zero attached hydrogens (tertiary/aromatic N) is 4. The van der Waals surface area contributed by atoms with Gasteiger partial charge < -0.3 is 34.1 Å². The first-order chi connectivity index (χ1) is 29.2. The Labute approximate surface area is 354 Å². The molecular weight excluding hydrogens is 783 g/mol. The van der Waals surface area contributed by atoms with Crippen LogP contribution < -0.4 is 19.5 Å². The maximum atomic E-state index is 13.9. The van der Waals surface area contributed by atoms with E-state index in [9.17, 15) is 14.9 Å². The summed E-state index contributed by atoms with van der Waals surface area (Å²) in [6.07, 6.45) is 14.3. The molecule has 3 atom stereocenters. The van der Waals surface area contributed by atoms with Gasteiger partial charge in [0, 0.05) is 60.0 Å². The lowest BCUT2D eigenvalue weighted by Gasteiger charge is -2.56. The molecule has 6 heterocycles. The van der Waals surface area contributed by atoms with Crippen molar-refractivity contribution in [1.29, 1.82) is 0 Å². The SMILES string of the molecule is CC(C)c1ccccc1C1CCCN1C1CC2(CCN(C3=CNC(C(=O)NSc4ccc(OCC5COCCO5)c([N+](=O)[O-])c4)C(Oc4cnc5[nH]ccc5c4)=C3)CC2)C1. The van der Waals surface area contributed by atoms with E-state index in [1.165, 1.54) is 55.5 Å². The van der Waals surface area contributed by atoms with E-state index in [-0.39, 0.29) is 30.1 Å². The average Bonchev–Trinajstić information content (AvgIpc) is 3.95. The molecule has 3 N–H and O–H groups in total. The number of pyridine rings is 1. The Morgan fingerprint density at radius 3 is 2.77 bits per heavy atom. The van der Waals surface area contributed by atoms with E-state index in [4.69, 9.17) is 18.9 Å². The van der Waals surface area contributed by atoms with Crippen molar-refractivity contribution in [2.24, 2.45) is 5.41 Å². The third kappa shape index (κ3) is 8.58. The summed E-state index contributed by atoms with van der Waals surface area (Å²) >= 11 is 0.989. The van der Waals surface area contributed by atoms with Crippen molar-refractivity contribution in [3.05, 3.63) is 112 Å². The van der Waals surface area contributed by atoms with Gasteiger partial charge in [-0.15, -0.1) is 0 Å². The van der Waals surface area contributed by atoms with Gasteiger partial charge in [0.15, 0.2) is 11.8 Å². The van der Waals surface area contributed by atoms with Crippen molar-refractivity contribution in [1.82, 2.24) is 29.8 Å². The maximum absolute atomic E-state index is 13.9. The Bertz CT molecular complexity index is 2260. The number of amides is 1. The quantitative estimate of drug-likeness (QED) is 0.0700. The molecule has 1 spiro atoms. The highest BCUT2D eigenvalue weighted by Gasteiger charge is 2.50. The summed E-state index contributed by atoms with van der Waals surface area (Å²) in [5.74, 6) is 1.20. The largest absolute Gasteiger partial charge is 0.484 e. The van der Waals surface area contributed by atoms with Gasteiger partial charge in [-0.1, -0.05) is 38.1 Å². The molecule has 1 saturated carbocycles. The number of hydrogen-bond acceptors (Lipinski definition) is 12. The number of piperidine rings is 1. The average molecular weight is 836 g/mol. The van der Waals surface area contributed by atoms with E-state index < -0.39 is 11.0 Å². The molecule has 1 amide bonds. The summed E-state index contributed by atoms with van der Waals surface area (Å²) in [5.41, 5.74) is 4.88. The summed E-state index contributed by atoms with van der Waals surface area (Å²) in [4.78, 5) is 38.6. The van der Waals surface area contributed by atoms with Crippen LogP contribution in [0.1, 0.15) is 75.5 Å². The van der Waals surface area contributed by atoms with Crippen LogP contribution >= 0.6 is 11.9 Å². The normalized spacial score (nSPS) is 23.2. The molecule has 0 bridgehead atoms. The van der Waals surface area contributed by atoms with Crippen LogP contribution in [-0.2, 0) is 14.3 Å². The lowest BCUT2D eigenvalue weighted by molar-refractivity contribution is -0.386. The highest BCUT2D eigenvalue weighted by molar-refractivity contribution is 7.98. The van der Waals surface area contributed by atoms with Crippen molar-refractivity contribution >= 4 is 34.6 Å². The van der Waals surface area contributed by atoms with Crippen LogP contribution in [0.25, 0.3) is 11.0 Å². The fourth-order valence-corrected chi connectivity index (χ4v) is 10.3. The Morgan fingerprint density at radius 1 is 1.12 bits per heavy atom. The Hall–Kier alpha value is -5.09. The molecule has 14 nitrogen and oxygen atoms in total. The van der Waals surface area contributed by atoms with Crippen molar-refractivity contribution in [2.45, 2.75) is 87.4 Å². The van der Waals surface area contributed by atoms with Crippen LogP contribution in [0.3, 0.4) is 0 Å². The molecule has 316 valence electrons. The lowest BCUT2D eigenvalue weighted by Crippen LogP contribution is -2.55. The maximum Gasteiger partial charge on any atom is 0.312 e. The standard InChI is InChI=1S/C45H53N7O7S/c1-29(2)36-6-3-4-7-37(36)38-8-5-15-51(38)32-23-45(24-32)12-16-50(17-13-45)31-21-41(59-33-20-30-11-14-46-43(30)48-26-33)42(47-25-31)44(53)49-60-35-9-10-40(39(22-35)52(54)55)58-28-34-27-56-18-19-57-34/h3-4,6-7,9-11,14,20-22,25-26,29,32,34,38,42,47H,5,8,12-13,15-19,23-24,27-28H2,1-2H3,(H,46,48)(H,49,53). The van der Waals surface area contributed by atoms with Crippen molar-refractivity contribution in [3.63, 3.8) is 0 Å². The number of likely N-dealkylation sites (tertiary alicyclic amines) is 2. The number of dihydropyridines is 1. The van der Waals surface area contributed by atoms with Gasteiger partial charge in [-0.25, -0.2) is 4.98 Å². The predicted molar refractivity (Wildman–Crippen MR) is 228 cm³/mol. The minimum absolute atomic E-state index is 0.118. The topological polar surface area (TPSA) is 156 Å². The molecule has 4 aromatic rings. The Morgan fingerprint density at radius 2 is 1.97 bits per heavy atom. The number of hydrogen-bond donors (Lipinski definition) is 3. The zero-order valence-corrected chi connectivity index (χ0v) is 35.0. The van der Waals surface area contributed by atoms with Gasteiger partial charge in [0.05, 0.1) is 36.6 Å². The third-order valence-electron chi connectivity index (χ3n) is 12.8. The second-order valence-corrected chi connectivity index (χ2v) is 17.8. The minimum Gasteiger partial charge on any atom is -0.484 e. The van der Waals surface area contributed by atoms with Crippen LogP contribution in [0.5, 0.6) is 11.5 Å². The molecule has 3 unspecified atom stereocenters. The van der Waals surface area contributed by atoms with Crippen molar-refractivity contribution in [2.75, 3.05) is 46.1 Å². The zero-order valence-electron chi connectivity index (χ0n) is 34.1. The van der Waals surface area contributed by atoms with Crippen LogP contribution in [-0.4, -0.2) is 94.8 Å². The molecule has 2 aromatic heterocycles. The molecule has 4 fully saturated rings. The van der Waals surface area contributed by atoms with Crippen LogP contribution in [0.4, 0.5) is 5.69 Å². The summed E-state index contributed by atoms with van der Waals surface area (Å²) < 4.78 is 26.1. The van der Waals surface area contributed by atoms with E-state index in [2.05, 4.69) is 67.9 Å². The molecule has 60 heavy (non-hydrogen) atoms. The van der Waals surface area contributed by atoms with Crippen molar-refractivity contribution in [3.8, 4) is 11.5 Å². The summed E-state index contributed by atoms with van der Waals surface area (Å²) in [6, 6.07) is 17.8. The highest BCUT2D eigenvalue weighted by atomic mass is 32.2. The first kappa shape index (κ1) is 40.3. The Balaban J connectivity index is 0.848. The van der Waals surface area contributed by atoms with Gasteiger partial charge in [0.1, 0.15) is 29.9 Å². The molecule has 5 aliphatic rings. The number of carbonyl (C=O) groups is 1. The van der Waals surface area contributed by atoms with Crippen LogP contribution in [0.15, 0.2) is 95.6 Å². The zero-order chi connectivity index (χ0) is 41.2. The van der Waals surface area contributed by atoms with Gasteiger partial charge >= 0.3 is 5.69 Å². The van der Waals surface area contributed by atoms with Crippen LogP contribution in [0.2, 0.25) is 0 Å². The van der Waals surface area contributed by atoms with Gasteiger partial charge in [-0.2, -0.15) is 0 Å². The molecule has 1 aliphatic carbocycles. The molecular formula is C45H53N7O7S. The second kappa shape index (κ2) is 17.5. The molecule has 2 aromatic carbocycles. The predicted octanol–water partition coefficient (Wildman–Crippen LogP) is 7.37. The fourth-order valence-electron chi connectivity index (χ4n) is 9.64. The number of benzene rings is 2. The van der Waals surface area contributed by atoms with Gasteiger partial charge in [0.25, 0.3) is 5.91 Å². The Kier molecular flexibility index (Phi) is 11.7. The van der Waals surface area contributed by atoms with Gasteiger partial charge in [0.2, 0.25) is 0 Å². The number of H-pyrrole nitrogens is 1. The second-order valence-electron chi connectivity index (χ2n) is 17.0. The van der Waals surface area contributed by atoms with E-state index in [1.807, 2.05) is 30.6 Å². The highest BCUT2D eigenvalue weighted by Crippen LogP contribution is 2.54. The number of carbonyl (C=O) groups excluding carboxylic acids is 1. The number of allylic oxidation sites excluding steroid dienone is 1. The number of ether oxygens (including phenoxy) is 4. The number of fused-ring (bicyclic) bond motifs is 1. The number of nitrogens with one attached hydrogen (secondary N) is 3. The van der Waals surface area contributed by atoms with E-state index in [1.54, 1.807) is 12.3 Å². The summed E-state index contributed by atoms with van der Waals surface area (Å²) in [7, 11) is 0. The van der Waals surface area contributed by atoms with E-state index >= 15 is 0 Å². The summed E-state index contributed by atoms with van der Waals surface area (Å²) in [6.45, 7) is 9.10. The number of nitro groups is 1. The van der Waals surface area contributed by atoms with Crippen LogP contribution in [0, 0.1) is 15.5 Å². The first-order valence-electron chi connectivity index (χ1n) is 21.2. The third-order valence-corrected chi connectivity index (χ3v) is 13.6. The molecule has 9 rings (SSSR count). The number of aromatic nitrogens is 2. The molecule has 0 radical (unpaired) electrons. The number of nitro benzene ring substituents is 1. The lowest BCUT2D eigenvalue weighted by atomic mass is 9.59. The fraction of sp³-hybridized carbons (Fsp3) is 0.467. The van der Waals surface area contributed by atoms with Gasteiger partial charge in [-0.3, -0.25) is 24.5 Å². The van der Waals surface area contributed by atoms with Gasteiger partial charge in [-0.05, 0) is 104 Å². The monoisotopic (exact) mass is 835 g/mol. The minimum atomic E-state index is -0.865. The van der Waals surface area contributed by atoms with Crippen molar-refractivity contribution < 1.29 is 28.7 Å². The number of rotatable bonds is 13. The molecule has 4 aliphatic heterocycles. The molecule has 3 saturated heterocycles. The first-order valence-corrected chi connectivity index (χ1v) is 22.0.